The lowest BCUT2D eigenvalue weighted by atomic mass is 10.2. The molecule has 1 aliphatic rings. The van der Waals surface area contributed by atoms with Gasteiger partial charge in [-0.15, -0.1) is 12.6 Å². The number of amides is 2. The number of carbonyl (C=O) groups is 1. The van der Waals surface area contributed by atoms with Gasteiger partial charge in [0.05, 0.1) is 22.4 Å². The highest BCUT2D eigenvalue weighted by atomic mass is 32.1. The van der Waals surface area contributed by atoms with Gasteiger partial charge in [0, 0.05) is 31.1 Å². The molecule has 2 heterocycles. The van der Waals surface area contributed by atoms with Gasteiger partial charge in [-0.2, -0.15) is 0 Å². The van der Waals surface area contributed by atoms with E-state index in [1.807, 2.05) is 18.2 Å². The Labute approximate surface area is 151 Å². The zero-order chi connectivity index (χ0) is 17.1. The molecule has 0 bridgehead atoms. The number of aromatic nitrogens is 1. The molecule has 1 aromatic carbocycles. The van der Waals surface area contributed by atoms with Crippen LogP contribution in [0.1, 0.15) is 13.8 Å². The quantitative estimate of drug-likeness (QED) is 0.728. The van der Waals surface area contributed by atoms with Crippen LogP contribution in [0.2, 0.25) is 0 Å². The van der Waals surface area contributed by atoms with Crippen molar-refractivity contribution in [2.45, 2.75) is 31.0 Å². The SMILES string of the molecule is CC1CN(CCNC(=O)Nc2nc3ccc(S)cc3s2)CC(C)O1. The number of carbonyl (C=O) groups excluding carboxylic acids is 1. The number of morpholine rings is 1. The van der Waals surface area contributed by atoms with Crippen molar-refractivity contribution in [1.82, 2.24) is 15.2 Å². The van der Waals surface area contributed by atoms with Crippen molar-refractivity contribution < 1.29 is 9.53 Å². The van der Waals surface area contributed by atoms with E-state index in [0.717, 1.165) is 34.7 Å². The monoisotopic (exact) mass is 366 g/mol. The zero-order valence-electron chi connectivity index (χ0n) is 13.8. The van der Waals surface area contributed by atoms with E-state index >= 15 is 0 Å². The van der Waals surface area contributed by atoms with E-state index in [0.29, 0.717) is 11.7 Å². The van der Waals surface area contributed by atoms with Gasteiger partial charge < -0.3 is 10.1 Å². The van der Waals surface area contributed by atoms with Crippen LogP contribution < -0.4 is 10.6 Å². The number of anilines is 1. The van der Waals surface area contributed by atoms with Gasteiger partial charge in [0.25, 0.3) is 0 Å². The van der Waals surface area contributed by atoms with Crippen LogP contribution in [-0.2, 0) is 4.74 Å². The van der Waals surface area contributed by atoms with E-state index in [1.165, 1.54) is 11.3 Å². The van der Waals surface area contributed by atoms with Crippen molar-refractivity contribution in [2.75, 3.05) is 31.5 Å². The van der Waals surface area contributed by atoms with Gasteiger partial charge >= 0.3 is 6.03 Å². The highest BCUT2D eigenvalue weighted by Crippen LogP contribution is 2.27. The molecule has 2 N–H and O–H groups in total. The lowest BCUT2D eigenvalue weighted by Crippen LogP contribution is -2.48. The Morgan fingerprint density at radius 3 is 2.92 bits per heavy atom. The molecule has 2 aromatic rings. The predicted octanol–water partition coefficient (Wildman–Crippen LogP) is 2.82. The number of rotatable bonds is 4. The molecule has 8 heteroatoms. The van der Waals surface area contributed by atoms with Crippen molar-refractivity contribution in [3.05, 3.63) is 18.2 Å². The molecule has 2 atom stereocenters. The summed E-state index contributed by atoms with van der Waals surface area (Å²) in [5.74, 6) is 0. The molecule has 6 nitrogen and oxygen atoms in total. The zero-order valence-corrected chi connectivity index (χ0v) is 15.5. The molecule has 130 valence electrons. The van der Waals surface area contributed by atoms with Crippen molar-refractivity contribution in [1.29, 1.82) is 0 Å². The Kier molecular flexibility index (Phi) is 5.60. The first kappa shape index (κ1) is 17.5. The molecule has 0 saturated carbocycles. The number of thiazole rings is 1. The minimum atomic E-state index is -0.227. The number of urea groups is 1. The van der Waals surface area contributed by atoms with Gasteiger partial charge in [0.1, 0.15) is 0 Å². The highest BCUT2D eigenvalue weighted by Gasteiger charge is 2.21. The first-order valence-corrected chi connectivity index (χ1v) is 9.28. The van der Waals surface area contributed by atoms with Gasteiger partial charge in [-0.05, 0) is 32.0 Å². The Morgan fingerprint density at radius 2 is 2.17 bits per heavy atom. The normalized spacial score (nSPS) is 21.8. The van der Waals surface area contributed by atoms with Crippen molar-refractivity contribution in [3.63, 3.8) is 0 Å². The fourth-order valence-electron chi connectivity index (χ4n) is 2.90. The average Bonchev–Trinajstić information content (AvgIpc) is 2.87. The van der Waals surface area contributed by atoms with E-state index in [9.17, 15) is 4.79 Å². The second kappa shape index (κ2) is 7.69. The third-order valence-electron chi connectivity index (χ3n) is 3.80. The Hall–Kier alpha value is -1.35. The summed E-state index contributed by atoms with van der Waals surface area (Å²) in [5, 5.41) is 6.27. The smallest absolute Gasteiger partial charge is 0.321 e. The molecule has 1 aromatic heterocycles. The molecule has 0 radical (unpaired) electrons. The van der Waals surface area contributed by atoms with Crippen molar-refractivity contribution in [2.24, 2.45) is 0 Å². The summed E-state index contributed by atoms with van der Waals surface area (Å²) in [6, 6.07) is 5.51. The lowest BCUT2D eigenvalue weighted by Gasteiger charge is -2.35. The third kappa shape index (κ3) is 4.60. The standard InChI is InChI=1S/C16H22N4O2S2/c1-10-8-20(9-11(2)22-10)6-5-17-15(21)19-16-18-13-4-3-12(23)7-14(13)24-16/h3-4,7,10-11,23H,5-6,8-9H2,1-2H3,(H2,17,18,19,21). The fraction of sp³-hybridized carbons (Fsp3) is 0.500. The summed E-state index contributed by atoms with van der Waals surface area (Å²) in [4.78, 5) is 19.6. The van der Waals surface area contributed by atoms with Crippen LogP contribution in [-0.4, -0.2) is 54.3 Å². The number of thiol groups is 1. The Bertz CT molecular complexity index is 711. The van der Waals surface area contributed by atoms with E-state index in [2.05, 4.69) is 47.0 Å². The minimum Gasteiger partial charge on any atom is -0.373 e. The summed E-state index contributed by atoms with van der Waals surface area (Å²) in [6.45, 7) is 7.36. The van der Waals surface area contributed by atoms with E-state index < -0.39 is 0 Å². The van der Waals surface area contributed by atoms with Crippen LogP contribution in [0.5, 0.6) is 0 Å². The molecule has 0 aliphatic carbocycles. The third-order valence-corrected chi connectivity index (χ3v) is 5.01. The molecule has 1 aliphatic heterocycles. The lowest BCUT2D eigenvalue weighted by molar-refractivity contribution is -0.0672. The van der Waals surface area contributed by atoms with E-state index in [1.54, 1.807) is 0 Å². The number of nitrogens with zero attached hydrogens (tertiary/aromatic N) is 2. The Balaban J connectivity index is 1.46. The molecular weight excluding hydrogens is 344 g/mol. The second-order valence-electron chi connectivity index (χ2n) is 6.07. The largest absolute Gasteiger partial charge is 0.373 e. The van der Waals surface area contributed by atoms with Crippen molar-refractivity contribution >= 4 is 45.3 Å². The topological polar surface area (TPSA) is 66.5 Å². The number of hydrogen-bond donors (Lipinski definition) is 3. The summed E-state index contributed by atoms with van der Waals surface area (Å²) in [7, 11) is 0. The van der Waals surface area contributed by atoms with Crippen LogP contribution >= 0.6 is 24.0 Å². The first-order valence-electron chi connectivity index (χ1n) is 8.02. The molecule has 1 saturated heterocycles. The van der Waals surface area contributed by atoms with Gasteiger partial charge in [0.15, 0.2) is 5.13 Å². The molecular formula is C16H22N4O2S2. The van der Waals surface area contributed by atoms with E-state index in [-0.39, 0.29) is 18.2 Å². The summed E-state index contributed by atoms with van der Waals surface area (Å²) in [6.07, 6.45) is 0.476. The van der Waals surface area contributed by atoms with Crippen LogP contribution in [0.3, 0.4) is 0 Å². The first-order chi connectivity index (χ1) is 11.5. The maximum atomic E-state index is 12.0. The van der Waals surface area contributed by atoms with Crippen LogP contribution in [0.25, 0.3) is 10.2 Å². The molecule has 0 spiro atoms. The number of fused-ring (bicyclic) bond motifs is 1. The van der Waals surface area contributed by atoms with Crippen LogP contribution in [0.4, 0.5) is 9.93 Å². The number of hydrogen-bond acceptors (Lipinski definition) is 6. The maximum absolute atomic E-state index is 12.0. The van der Waals surface area contributed by atoms with Crippen molar-refractivity contribution in [3.8, 4) is 0 Å². The van der Waals surface area contributed by atoms with Gasteiger partial charge in [-0.25, -0.2) is 9.78 Å². The van der Waals surface area contributed by atoms with Crippen LogP contribution in [0.15, 0.2) is 23.1 Å². The van der Waals surface area contributed by atoms with Crippen LogP contribution in [0, 0.1) is 0 Å². The summed E-state index contributed by atoms with van der Waals surface area (Å²) < 4.78 is 6.71. The molecule has 24 heavy (non-hydrogen) atoms. The van der Waals surface area contributed by atoms with E-state index in [4.69, 9.17) is 4.74 Å². The second-order valence-corrected chi connectivity index (χ2v) is 7.62. The minimum absolute atomic E-state index is 0.227. The number of nitrogens with one attached hydrogen (secondary N) is 2. The summed E-state index contributed by atoms with van der Waals surface area (Å²) in [5.41, 5.74) is 0.865. The summed E-state index contributed by atoms with van der Waals surface area (Å²) >= 11 is 5.76. The average molecular weight is 367 g/mol. The van der Waals surface area contributed by atoms with Gasteiger partial charge in [-0.1, -0.05) is 11.3 Å². The number of benzene rings is 1. The van der Waals surface area contributed by atoms with Gasteiger partial charge in [0.2, 0.25) is 0 Å². The van der Waals surface area contributed by atoms with Gasteiger partial charge in [-0.3, -0.25) is 10.2 Å². The predicted molar refractivity (Wildman–Crippen MR) is 100 cm³/mol. The Morgan fingerprint density at radius 1 is 1.42 bits per heavy atom. The fourth-order valence-corrected chi connectivity index (χ4v) is 4.09. The molecule has 2 amide bonds. The highest BCUT2D eigenvalue weighted by molar-refractivity contribution is 7.80. The molecule has 2 unspecified atom stereocenters. The number of ether oxygens (including phenoxy) is 1. The molecule has 3 rings (SSSR count). The molecule has 1 fully saturated rings. The maximum Gasteiger partial charge on any atom is 0.321 e.